The van der Waals surface area contributed by atoms with Gasteiger partial charge in [-0.1, -0.05) is 48.5 Å². The molecule has 126 valence electrons. The molecule has 1 N–H and O–H groups in total. The molecule has 3 rings (SSSR count). The Morgan fingerprint density at radius 1 is 1.12 bits per heavy atom. The van der Waals surface area contributed by atoms with Crippen molar-refractivity contribution in [3.8, 4) is 16.9 Å². The second-order valence-corrected chi connectivity index (χ2v) is 6.22. The van der Waals surface area contributed by atoms with Gasteiger partial charge in [-0.15, -0.1) is 0 Å². The van der Waals surface area contributed by atoms with Gasteiger partial charge in [-0.3, -0.25) is 4.79 Å². The smallest absolute Gasteiger partial charge is 0.260 e. The fourth-order valence-electron chi connectivity index (χ4n) is 3.08. The molecule has 1 heterocycles. The lowest BCUT2D eigenvalue weighted by Gasteiger charge is -2.38. The third kappa shape index (κ3) is 3.60. The summed E-state index contributed by atoms with van der Waals surface area (Å²) < 4.78 is 5.88. The van der Waals surface area contributed by atoms with E-state index < -0.39 is 0 Å². The molecule has 1 aliphatic rings. The summed E-state index contributed by atoms with van der Waals surface area (Å²) in [6.45, 7) is 5.81. The van der Waals surface area contributed by atoms with Crippen molar-refractivity contribution in [3.63, 3.8) is 0 Å². The first-order chi connectivity index (χ1) is 11.7. The Bertz CT molecular complexity index is 687. The fraction of sp³-hybridized carbons (Fsp3) is 0.350. The number of hydrogen-bond donors (Lipinski definition) is 1. The molecule has 2 aromatic carbocycles. The molecule has 2 atom stereocenters. The Morgan fingerprint density at radius 3 is 2.62 bits per heavy atom. The van der Waals surface area contributed by atoms with Crippen molar-refractivity contribution in [3.05, 3.63) is 54.6 Å². The Hall–Kier alpha value is -2.33. The van der Waals surface area contributed by atoms with Gasteiger partial charge in [-0.05, 0) is 25.5 Å². The second kappa shape index (κ2) is 7.49. The number of amides is 1. The summed E-state index contributed by atoms with van der Waals surface area (Å²) in [4.78, 5) is 14.5. The number of para-hydroxylation sites is 1. The number of hydrogen-bond acceptors (Lipinski definition) is 3. The molecule has 1 saturated heterocycles. The molecule has 0 bridgehead atoms. The van der Waals surface area contributed by atoms with Gasteiger partial charge in [0.2, 0.25) is 0 Å². The van der Waals surface area contributed by atoms with Gasteiger partial charge >= 0.3 is 0 Å². The molecule has 4 heteroatoms. The van der Waals surface area contributed by atoms with Crippen molar-refractivity contribution in [2.45, 2.75) is 25.9 Å². The Kier molecular flexibility index (Phi) is 5.16. The summed E-state index contributed by atoms with van der Waals surface area (Å²) in [6.07, 6.45) is 0. The normalized spacial score (nSPS) is 20.7. The van der Waals surface area contributed by atoms with E-state index in [2.05, 4.69) is 19.2 Å². The average Bonchev–Trinajstić information content (AvgIpc) is 2.63. The zero-order valence-corrected chi connectivity index (χ0v) is 14.2. The van der Waals surface area contributed by atoms with Crippen LogP contribution in [0.5, 0.6) is 5.75 Å². The predicted molar refractivity (Wildman–Crippen MR) is 96.0 cm³/mol. The monoisotopic (exact) mass is 324 g/mol. The number of piperazine rings is 1. The standard InChI is InChI=1S/C20H24N2O2/c1-15-16(2)22(13-12-21-15)20(23)14-24-19-11-7-6-10-18(19)17-8-4-3-5-9-17/h3-11,15-16,21H,12-14H2,1-2H3. The first-order valence-electron chi connectivity index (χ1n) is 8.47. The summed E-state index contributed by atoms with van der Waals surface area (Å²) in [7, 11) is 0. The molecule has 1 amide bonds. The van der Waals surface area contributed by atoms with Crippen LogP contribution in [0.25, 0.3) is 11.1 Å². The molecule has 0 spiro atoms. The van der Waals surface area contributed by atoms with Crippen LogP contribution in [0.3, 0.4) is 0 Å². The molecular formula is C20H24N2O2. The van der Waals surface area contributed by atoms with E-state index in [1.807, 2.05) is 59.5 Å². The van der Waals surface area contributed by atoms with E-state index in [1.165, 1.54) is 0 Å². The summed E-state index contributed by atoms with van der Waals surface area (Å²) in [6, 6.07) is 18.4. The minimum atomic E-state index is 0.0405. The molecule has 0 saturated carbocycles. The summed E-state index contributed by atoms with van der Waals surface area (Å²) in [5.41, 5.74) is 2.09. The highest BCUT2D eigenvalue weighted by Gasteiger charge is 2.28. The van der Waals surface area contributed by atoms with Crippen molar-refractivity contribution in [2.24, 2.45) is 0 Å². The van der Waals surface area contributed by atoms with E-state index in [0.717, 1.165) is 30.0 Å². The Balaban J connectivity index is 1.70. The van der Waals surface area contributed by atoms with Gasteiger partial charge in [0.25, 0.3) is 5.91 Å². The van der Waals surface area contributed by atoms with Crippen LogP contribution in [-0.2, 0) is 4.79 Å². The van der Waals surface area contributed by atoms with Gasteiger partial charge in [-0.25, -0.2) is 0 Å². The number of rotatable bonds is 4. The molecule has 4 nitrogen and oxygen atoms in total. The van der Waals surface area contributed by atoms with Crippen molar-refractivity contribution in [1.82, 2.24) is 10.2 Å². The third-order valence-corrected chi connectivity index (χ3v) is 4.68. The molecule has 0 aromatic heterocycles. The lowest BCUT2D eigenvalue weighted by Crippen LogP contribution is -2.58. The van der Waals surface area contributed by atoms with Crippen LogP contribution in [0.2, 0.25) is 0 Å². The van der Waals surface area contributed by atoms with E-state index in [1.54, 1.807) is 0 Å². The lowest BCUT2D eigenvalue weighted by molar-refractivity contribution is -0.137. The van der Waals surface area contributed by atoms with Crippen molar-refractivity contribution >= 4 is 5.91 Å². The molecule has 24 heavy (non-hydrogen) atoms. The van der Waals surface area contributed by atoms with E-state index in [-0.39, 0.29) is 18.6 Å². The van der Waals surface area contributed by atoms with Crippen molar-refractivity contribution in [1.29, 1.82) is 0 Å². The summed E-state index contributed by atoms with van der Waals surface area (Å²) in [5.74, 6) is 0.784. The molecule has 1 fully saturated rings. The van der Waals surface area contributed by atoms with Crippen molar-refractivity contribution in [2.75, 3.05) is 19.7 Å². The number of nitrogens with zero attached hydrogens (tertiary/aromatic N) is 1. The van der Waals surface area contributed by atoms with Gasteiger partial charge in [-0.2, -0.15) is 0 Å². The van der Waals surface area contributed by atoms with Crippen molar-refractivity contribution < 1.29 is 9.53 Å². The first-order valence-corrected chi connectivity index (χ1v) is 8.47. The highest BCUT2D eigenvalue weighted by atomic mass is 16.5. The molecule has 1 aliphatic heterocycles. The van der Waals surface area contributed by atoms with Crippen LogP contribution in [0, 0.1) is 0 Å². The largest absolute Gasteiger partial charge is 0.483 e. The zero-order valence-electron chi connectivity index (χ0n) is 14.2. The third-order valence-electron chi connectivity index (χ3n) is 4.68. The molecule has 0 radical (unpaired) electrons. The number of benzene rings is 2. The van der Waals surface area contributed by atoms with Crippen LogP contribution in [0.15, 0.2) is 54.6 Å². The highest BCUT2D eigenvalue weighted by molar-refractivity contribution is 5.79. The van der Waals surface area contributed by atoms with Crippen LogP contribution in [0.4, 0.5) is 0 Å². The number of carbonyl (C=O) groups excluding carboxylic acids is 1. The topological polar surface area (TPSA) is 41.6 Å². The molecular weight excluding hydrogens is 300 g/mol. The Morgan fingerprint density at radius 2 is 1.83 bits per heavy atom. The predicted octanol–water partition coefficient (Wildman–Crippen LogP) is 2.94. The quantitative estimate of drug-likeness (QED) is 0.940. The maximum Gasteiger partial charge on any atom is 0.260 e. The number of ether oxygens (including phenoxy) is 1. The number of carbonyl (C=O) groups is 1. The number of nitrogens with one attached hydrogen (secondary N) is 1. The Labute approximate surface area is 143 Å². The lowest BCUT2D eigenvalue weighted by atomic mass is 10.0. The van der Waals surface area contributed by atoms with Gasteiger partial charge in [0.1, 0.15) is 5.75 Å². The van der Waals surface area contributed by atoms with Gasteiger partial charge in [0.15, 0.2) is 6.61 Å². The summed E-state index contributed by atoms with van der Waals surface area (Å²) in [5, 5.41) is 3.39. The molecule has 0 aliphatic carbocycles. The van der Waals surface area contributed by atoms with Crippen LogP contribution >= 0.6 is 0 Å². The second-order valence-electron chi connectivity index (χ2n) is 6.22. The maximum atomic E-state index is 12.5. The fourth-order valence-corrected chi connectivity index (χ4v) is 3.08. The minimum absolute atomic E-state index is 0.0405. The first kappa shape index (κ1) is 16.5. The molecule has 2 unspecified atom stereocenters. The average molecular weight is 324 g/mol. The van der Waals surface area contributed by atoms with Gasteiger partial charge in [0.05, 0.1) is 0 Å². The van der Waals surface area contributed by atoms with E-state index >= 15 is 0 Å². The highest BCUT2D eigenvalue weighted by Crippen LogP contribution is 2.29. The van der Waals surface area contributed by atoms with E-state index in [4.69, 9.17) is 4.74 Å². The van der Waals surface area contributed by atoms with Crippen LogP contribution in [0.1, 0.15) is 13.8 Å². The van der Waals surface area contributed by atoms with Gasteiger partial charge in [0, 0.05) is 30.7 Å². The molecule has 2 aromatic rings. The summed E-state index contributed by atoms with van der Waals surface area (Å²) >= 11 is 0. The SMILES string of the molecule is CC1NCCN(C(=O)COc2ccccc2-c2ccccc2)C1C. The maximum absolute atomic E-state index is 12.5. The van der Waals surface area contributed by atoms with Crippen LogP contribution in [-0.4, -0.2) is 42.6 Å². The van der Waals surface area contributed by atoms with Gasteiger partial charge < -0.3 is 15.0 Å². The van der Waals surface area contributed by atoms with Crippen LogP contribution < -0.4 is 10.1 Å². The van der Waals surface area contributed by atoms with E-state index in [9.17, 15) is 4.79 Å². The van der Waals surface area contributed by atoms with E-state index in [0.29, 0.717) is 6.04 Å². The zero-order chi connectivity index (χ0) is 16.9. The minimum Gasteiger partial charge on any atom is -0.483 e.